The van der Waals surface area contributed by atoms with Crippen LogP contribution in [0, 0.1) is 10.8 Å². The smallest absolute Gasteiger partial charge is 0.146 e. The molecule has 5 heteroatoms. The van der Waals surface area contributed by atoms with Gasteiger partial charge in [0.05, 0.1) is 5.52 Å². The maximum absolute atomic E-state index is 7.69. The summed E-state index contributed by atoms with van der Waals surface area (Å²) in [7, 11) is 0. The van der Waals surface area contributed by atoms with E-state index in [1.54, 1.807) is 19.2 Å². The minimum Gasteiger partial charge on any atom is -0.387 e. The van der Waals surface area contributed by atoms with Crippen molar-refractivity contribution < 1.29 is 0 Å². The van der Waals surface area contributed by atoms with Gasteiger partial charge in [-0.2, -0.15) is 0 Å². The van der Waals surface area contributed by atoms with Crippen molar-refractivity contribution in [3.05, 3.63) is 60.3 Å². The van der Waals surface area contributed by atoms with E-state index in [0.717, 1.165) is 22.0 Å². The molecule has 23 heavy (non-hydrogen) atoms. The zero-order valence-corrected chi connectivity index (χ0v) is 13.0. The molecule has 2 aromatic rings. The van der Waals surface area contributed by atoms with Gasteiger partial charge in [-0.1, -0.05) is 18.7 Å². The monoisotopic (exact) mass is 305 g/mol. The summed E-state index contributed by atoms with van der Waals surface area (Å²) < 4.78 is 0. The summed E-state index contributed by atoms with van der Waals surface area (Å²) in [6.07, 6.45) is 6.96. The molecular weight excluding hydrogens is 286 g/mol. The highest BCUT2D eigenvalue weighted by molar-refractivity contribution is 6.04. The van der Waals surface area contributed by atoms with Crippen LogP contribution in [0.3, 0.4) is 0 Å². The maximum atomic E-state index is 7.69. The van der Waals surface area contributed by atoms with Crippen LogP contribution >= 0.6 is 0 Å². The molecule has 0 atom stereocenters. The summed E-state index contributed by atoms with van der Waals surface area (Å²) in [4.78, 5) is 8.39. The molecule has 0 spiro atoms. The van der Waals surface area contributed by atoms with Crippen LogP contribution in [-0.4, -0.2) is 22.4 Å². The second-order valence-corrected chi connectivity index (χ2v) is 5.18. The summed E-state index contributed by atoms with van der Waals surface area (Å²) in [6.45, 7) is 5.38. The highest BCUT2D eigenvalue weighted by Crippen LogP contribution is 2.16. The SMILES string of the molecule is C=Cc1cnc2ccc(CC(N)=NC(=N)C=CC(C)=N)cc2c1. The Bertz CT molecular complexity index is 830. The number of hydrogen-bond donors (Lipinski definition) is 3. The van der Waals surface area contributed by atoms with Gasteiger partial charge in [0.25, 0.3) is 0 Å². The molecule has 0 fully saturated rings. The highest BCUT2D eigenvalue weighted by Gasteiger charge is 2.02. The van der Waals surface area contributed by atoms with Crippen LogP contribution in [0.2, 0.25) is 0 Å². The zero-order valence-electron chi connectivity index (χ0n) is 13.0. The predicted molar refractivity (Wildman–Crippen MR) is 97.4 cm³/mol. The molecule has 0 saturated heterocycles. The van der Waals surface area contributed by atoms with Crippen molar-refractivity contribution in [3.63, 3.8) is 0 Å². The minimum absolute atomic E-state index is 0.0329. The first kappa shape index (κ1) is 16.3. The third kappa shape index (κ3) is 4.71. The minimum atomic E-state index is 0.0329. The number of nitrogens with zero attached hydrogens (tertiary/aromatic N) is 2. The summed E-state index contributed by atoms with van der Waals surface area (Å²) in [5.41, 5.74) is 9.14. The molecule has 5 nitrogen and oxygen atoms in total. The molecule has 0 saturated carbocycles. The summed E-state index contributed by atoms with van der Waals surface area (Å²) in [5.74, 6) is 0.389. The fourth-order valence-corrected chi connectivity index (χ4v) is 2.06. The molecule has 1 aromatic carbocycles. The predicted octanol–water partition coefficient (Wildman–Crippen LogP) is 3.35. The quantitative estimate of drug-likeness (QED) is 0.583. The Kier molecular flexibility index (Phi) is 5.15. The normalized spacial score (nSPS) is 11.8. The van der Waals surface area contributed by atoms with E-state index in [1.165, 1.54) is 12.2 Å². The third-order valence-corrected chi connectivity index (χ3v) is 3.14. The molecule has 0 aliphatic carbocycles. The molecule has 1 heterocycles. The highest BCUT2D eigenvalue weighted by atomic mass is 14.9. The summed E-state index contributed by atoms with van der Waals surface area (Å²) >= 11 is 0. The van der Waals surface area contributed by atoms with Crippen LogP contribution in [0.5, 0.6) is 0 Å². The van der Waals surface area contributed by atoms with Crippen molar-refractivity contribution in [1.82, 2.24) is 4.98 Å². The van der Waals surface area contributed by atoms with E-state index in [1.807, 2.05) is 24.3 Å². The molecule has 116 valence electrons. The van der Waals surface area contributed by atoms with Crippen LogP contribution in [0.25, 0.3) is 17.0 Å². The Hall–Kier alpha value is -3.08. The number of rotatable bonds is 5. The second-order valence-electron chi connectivity index (χ2n) is 5.18. The molecular formula is C18H19N5. The van der Waals surface area contributed by atoms with Gasteiger partial charge in [0.1, 0.15) is 11.7 Å². The fourth-order valence-electron chi connectivity index (χ4n) is 2.06. The van der Waals surface area contributed by atoms with Gasteiger partial charge in [-0.25, -0.2) is 4.99 Å². The van der Waals surface area contributed by atoms with E-state index in [2.05, 4.69) is 16.6 Å². The first-order valence-corrected chi connectivity index (χ1v) is 7.14. The molecule has 0 aliphatic heterocycles. The van der Waals surface area contributed by atoms with Gasteiger partial charge in [-0.15, -0.1) is 0 Å². The average molecular weight is 305 g/mol. The molecule has 0 amide bonds. The van der Waals surface area contributed by atoms with Gasteiger partial charge < -0.3 is 11.1 Å². The summed E-state index contributed by atoms with van der Waals surface area (Å²) in [6, 6.07) is 7.92. The Morgan fingerprint density at radius 3 is 2.78 bits per heavy atom. The number of allylic oxidation sites excluding steroid dienone is 1. The van der Waals surface area contributed by atoms with E-state index in [-0.39, 0.29) is 5.84 Å². The Morgan fingerprint density at radius 1 is 1.30 bits per heavy atom. The van der Waals surface area contributed by atoms with Crippen LogP contribution in [0.4, 0.5) is 0 Å². The number of benzene rings is 1. The second kappa shape index (κ2) is 7.26. The van der Waals surface area contributed by atoms with Crippen LogP contribution in [0.15, 0.2) is 54.2 Å². The number of nitrogens with one attached hydrogen (secondary N) is 2. The van der Waals surface area contributed by atoms with Gasteiger partial charge in [0, 0.05) is 23.7 Å². The first-order valence-electron chi connectivity index (χ1n) is 7.14. The fraction of sp³-hybridized carbons (Fsp3) is 0.111. The van der Waals surface area contributed by atoms with Gasteiger partial charge in [-0.3, -0.25) is 10.4 Å². The number of amidine groups is 2. The van der Waals surface area contributed by atoms with Gasteiger partial charge in [0.2, 0.25) is 0 Å². The topological polar surface area (TPSA) is 99.0 Å². The molecule has 1 aromatic heterocycles. The number of nitrogens with two attached hydrogens (primary N) is 1. The van der Waals surface area contributed by atoms with Crippen LogP contribution < -0.4 is 5.73 Å². The number of fused-ring (bicyclic) bond motifs is 1. The van der Waals surface area contributed by atoms with Crippen molar-refractivity contribution in [2.75, 3.05) is 0 Å². The van der Waals surface area contributed by atoms with Crippen LogP contribution in [-0.2, 0) is 6.42 Å². The average Bonchev–Trinajstić information content (AvgIpc) is 2.52. The Balaban J connectivity index is 2.18. The molecule has 0 bridgehead atoms. The van der Waals surface area contributed by atoms with Gasteiger partial charge >= 0.3 is 0 Å². The standard InChI is InChI=1S/C18H19N5/c1-3-13-8-15-9-14(5-6-16(15)22-11-13)10-18(21)23-17(20)7-4-12(2)19/h3-9,11,19H,1,10H2,2H3,(H3,20,21,23). The van der Waals surface area contributed by atoms with Gasteiger partial charge in [-0.05, 0) is 48.4 Å². The van der Waals surface area contributed by atoms with Gasteiger partial charge in [0.15, 0.2) is 0 Å². The van der Waals surface area contributed by atoms with Crippen molar-refractivity contribution >= 4 is 34.4 Å². The molecule has 0 unspecified atom stereocenters. The Labute approximate surface area is 135 Å². The van der Waals surface area contributed by atoms with Crippen LogP contribution in [0.1, 0.15) is 18.1 Å². The molecule has 4 N–H and O–H groups in total. The number of aromatic nitrogens is 1. The van der Waals surface area contributed by atoms with E-state index in [0.29, 0.717) is 18.0 Å². The first-order chi connectivity index (χ1) is 11.0. The molecule has 0 radical (unpaired) electrons. The van der Waals surface area contributed by atoms with Crippen molar-refractivity contribution in [2.24, 2.45) is 10.7 Å². The van der Waals surface area contributed by atoms with E-state index < -0.39 is 0 Å². The number of aliphatic imine (C=N–C) groups is 1. The lowest BCUT2D eigenvalue weighted by Gasteiger charge is -2.04. The lowest BCUT2D eigenvalue weighted by Crippen LogP contribution is -2.16. The van der Waals surface area contributed by atoms with E-state index in [9.17, 15) is 0 Å². The van der Waals surface area contributed by atoms with Crippen molar-refractivity contribution in [3.8, 4) is 0 Å². The molecule has 0 aliphatic rings. The van der Waals surface area contributed by atoms with E-state index >= 15 is 0 Å². The number of hydrogen-bond acceptors (Lipinski definition) is 3. The lowest BCUT2D eigenvalue weighted by molar-refractivity contribution is 1.28. The van der Waals surface area contributed by atoms with E-state index in [4.69, 9.17) is 16.6 Å². The lowest BCUT2D eigenvalue weighted by atomic mass is 10.1. The molecule has 2 rings (SSSR count). The largest absolute Gasteiger partial charge is 0.387 e. The Morgan fingerprint density at radius 2 is 2.09 bits per heavy atom. The zero-order chi connectivity index (χ0) is 16.8. The third-order valence-electron chi connectivity index (χ3n) is 3.14. The number of pyridine rings is 1. The maximum Gasteiger partial charge on any atom is 0.146 e. The van der Waals surface area contributed by atoms with Crippen molar-refractivity contribution in [2.45, 2.75) is 13.3 Å². The summed E-state index contributed by atoms with van der Waals surface area (Å²) in [5, 5.41) is 16.0. The van der Waals surface area contributed by atoms with Crippen molar-refractivity contribution in [1.29, 1.82) is 10.8 Å².